The Morgan fingerprint density at radius 1 is 1.11 bits per heavy atom. The van der Waals surface area contributed by atoms with Crippen LogP contribution in [-0.4, -0.2) is 30.2 Å². The normalized spacial score (nSPS) is 18.7. The van der Waals surface area contributed by atoms with Gasteiger partial charge in [-0.2, -0.15) is 0 Å². The molecule has 5 heteroatoms. The van der Waals surface area contributed by atoms with Crippen molar-refractivity contribution in [2.75, 3.05) is 18.4 Å². The number of halogens is 1. The number of rotatable bonds is 3. The minimum atomic E-state index is -0.702. The zero-order valence-electron chi connectivity index (χ0n) is 15.0. The van der Waals surface area contributed by atoms with Gasteiger partial charge in [-0.15, -0.1) is 0 Å². The molecule has 0 aromatic heterocycles. The fourth-order valence-electron chi connectivity index (χ4n) is 3.68. The molecule has 1 fully saturated rings. The molecule has 1 spiro atoms. The van der Waals surface area contributed by atoms with E-state index in [1.54, 1.807) is 6.07 Å². The van der Waals surface area contributed by atoms with E-state index in [1.807, 2.05) is 30.3 Å². The van der Waals surface area contributed by atoms with Crippen molar-refractivity contribution in [2.24, 2.45) is 4.99 Å². The summed E-state index contributed by atoms with van der Waals surface area (Å²) in [7, 11) is 0. The summed E-state index contributed by atoms with van der Waals surface area (Å²) in [5.74, 6) is -0.0189. The summed E-state index contributed by atoms with van der Waals surface area (Å²) in [6.45, 7) is 1.59. The highest BCUT2D eigenvalue weighted by atomic mass is 35.5. The Morgan fingerprint density at radius 2 is 1.89 bits per heavy atom. The predicted molar refractivity (Wildman–Crippen MR) is 112 cm³/mol. The van der Waals surface area contributed by atoms with E-state index in [-0.39, 0.29) is 5.91 Å². The largest absolute Gasteiger partial charge is 0.323 e. The number of allylic oxidation sites excluding steroid dienone is 1. The highest BCUT2D eigenvalue weighted by molar-refractivity contribution is 6.31. The molecular formula is C22H22ClN3O. The van der Waals surface area contributed by atoms with Gasteiger partial charge in [0.15, 0.2) is 0 Å². The van der Waals surface area contributed by atoms with E-state index < -0.39 is 5.54 Å². The van der Waals surface area contributed by atoms with Gasteiger partial charge in [-0.05, 0) is 49.7 Å². The molecule has 0 saturated carbocycles. The zero-order chi connectivity index (χ0) is 18.7. The quantitative estimate of drug-likeness (QED) is 0.835. The topological polar surface area (TPSA) is 53.5 Å². The molecule has 4 rings (SSSR count). The lowest BCUT2D eigenvalue weighted by molar-refractivity contribution is -0.121. The van der Waals surface area contributed by atoms with Gasteiger partial charge in [0.1, 0.15) is 5.54 Å². The molecule has 2 heterocycles. The average Bonchev–Trinajstić information content (AvgIpc) is 2.79. The number of carbonyl (C=O) groups excluding carboxylic acids is 1. The van der Waals surface area contributed by atoms with Gasteiger partial charge in [0, 0.05) is 28.4 Å². The third-order valence-corrected chi connectivity index (χ3v) is 5.40. The van der Waals surface area contributed by atoms with Crippen LogP contribution in [0.3, 0.4) is 0 Å². The maximum atomic E-state index is 13.0. The summed E-state index contributed by atoms with van der Waals surface area (Å²) < 4.78 is 0. The second-order valence-corrected chi connectivity index (χ2v) is 7.44. The van der Waals surface area contributed by atoms with Crippen molar-refractivity contribution in [3.63, 3.8) is 0 Å². The summed E-state index contributed by atoms with van der Waals surface area (Å²) in [4.78, 5) is 18.0. The molecule has 0 radical (unpaired) electrons. The maximum absolute atomic E-state index is 13.0. The molecule has 4 nitrogen and oxygen atoms in total. The first-order chi connectivity index (χ1) is 13.2. The lowest BCUT2D eigenvalue weighted by Gasteiger charge is -2.32. The summed E-state index contributed by atoms with van der Waals surface area (Å²) in [6.07, 6.45) is 6.23. The molecule has 0 aliphatic carbocycles. The zero-order valence-corrected chi connectivity index (χ0v) is 15.8. The second kappa shape index (κ2) is 7.67. The Kier molecular flexibility index (Phi) is 5.10. The van der Waals surface area contributed by atoms with E-state index in [9.17, 15) is 4.79 Å². The number of hydrogen-bond acceptors (Lipinski definition) is 3. The molecular weight excluding hydrogens is 358 g/mol. The molecule has 27 heavy (non-hydrogen) atoms. The standard InChI is InChI=1S/C22H22ClN3O/c23-17-9-10-19-18(15-17)20(8-4-7-16-5-2-1-3-6-16)26-22(21(27)25-19)11-13-24-14-12-22/h1-7,9-10,15,24H,8,11-14H2,(H,25,27)/b7-4+. The molecule has 1 saturated heterocycles. The number of benzene rings is 2. The van der Waals surface area contributed by atoms with Crippen molar-refractivity contribution >= 4 is 35.0 Å². The minimum Gasteiger partial charge on any atom is -0.323 e. The SMILES string of the molecule is O=C1Nc2ccc(Cl)cc2C(C/C=C/c2ccccc2)=NC12CCNCC2. The van der Waals surface area contributed by atoms with Crippen LogP contribution in [0.1, 0.15) is 30.4 Å². The molecule has 0 unspecified atom stereocenters. The Balaban J connectivity index is 1.72. The van der Waals surface area contributed by atoms with Gasteiger partial charge in [-0.25, -0.2) is 0 Å². The molecule has 1 amide bonds. The van der Waals surface area contributed by atoms with Gasteiger partial charge in [-0.1, -0.05) is 54.1 Å². The number of nitrogens with zero attached hydrogens (tertiary/aromatic N) is 1. The fourth-order valence-corrected chi connectivity index (χ4v) is 3.85. The number of piperidine rings is 1. The number of anilines is 1. The van der Waals surface area contributed by atoms with E-state index >= 15 is 0 Å². The Morgan fingerprint density at radius 3 is 2.67 bits per heavy atom. The van der Waals surface area contributed by atoms with Crippen molar-refractivity contribution in [3.8, 4) is 0 Å². The van der Waals surface area contributed by atoms with Crippen molar-refractivity contribution in [2.45, 2.75) is 24.8 Å². The van der Waals surface area contributed by atoms with Crippen LogP contribution in [0.2, 0.25) is 5.02 Å². The lowest BCUT2D eigenvalue weighted by atomic mass is 9.88. The predicted octanol–water partition coefficient (Wildman–Crippen LogP) is 4.31. The minimum absolute atomic E-state index is 0.0189. The number of amides is 1. The van der Waals surface area contributed by atoms with Crippen LogP contribution < -0.4 is 10.6 Å². The van der Waals surface area contributed by atoms with Gasteiger partial charge in [-0.3, -0.25) is 9.79 Å². The Labute approximate surface area is 164 Å². The first-order valence-corrected chi connectivity index (χ1v) is 9.67. The van der Waals surface area contributed by atoms with Crippen LogP contribution in [-0.2, 0) is 4.79 Å². The summed E-state index contributed by atoms with van der Waals surface area (Å²) >= 11 is 6.24. The van der Waals surface area contributed by atoms with E-state index in [1.165, 1.54) is 0 Å². The van der Waals surface area contributed by atoms with Gasteiger partial charge in [0.2, 0.25) is 0 Å². The summed E-state index contributed by atoms with van der Waals surface area (Å²) in [5, 5.41) is 7.05. The van der Waals surface area contributed by atoms with Gasteiger partial charge < -0.3 is 10.6 Å². The molecule has 2 aliphatic heterocycles. The first kappa shape index (κ1) is 18.0. The van der Waals surface area contributed by atoms with Crippen molar-refractivity contribution in [1.29, 1.82) is 0 Å². The van der Waals surface area contributed by atoms with Crippen LogP contribution in [0.25, 0.3) is 6.08 Å². The number of carbonyl (C=O) groups is 1. The molecule has 2 aliphatic rings. The Bertz CT molecular complexity index is 899. The Hall–Kier alpha value is -2.43. The molecule has 2 N–H and O–H groups in total. The molecule has 138 valence electrons. The third kappa shape index (κ3) is 3.82. The lowest BCUT2D eigenvalue weighted by Crippen LogP contribution is -2.49. The third-order valence-electron chi connectivity index (χ3n) is 5.16. The van der Waals surface area contributed by atoms with Crippen LogP contribution in [0, 0.1) is 0 Å². The summed E-state index contributed by atoms with van der Waals surface area (Å²) in [6, 6.07) is 15.7. The van der Waals surface area contributed by atoms with Crippen molar-refractivity contribution < 1.29 is 4.79 Å². The van der Waals surface area contributed by atoms with Crippen molar-refractivity contribution in [1.82, 2.24) is 5.32 Å². The fraction of sp³-hybridized carbons (Fsp3) is 0.273. The average molecular weight is 380 g/mol. The van der Waals surface area contributed by atoms with E-state index in [0.717, 1.165) is 35.6 Å². The van der Waals surface area contributed by atoms with Crippen LogP contribution >= 0.6 is 11.6 Å². The summed E-state index contributed by atoms with van der Waals surface area (Å²) in [5.41, 5.74) is 3.03. The maximum Gasteiger partial charge on any atom is 0.252 e. The van der Waals surface area contributed by atoms with Gasteiger partial charge in [0.05, 0.1) is 0 Å². The van der Waals surface area contributed by atoms with E-state index in [2.05, 4.69) is 34.9 Å². The highest BCUT2D eigenvalue weighted by Crippen LogP contribution is 2.33. The number of hydrogen-bond donors (Lipinski definition) is 2. The molecule has 0 bridgehead atoms. The van der Waals surface area contributed by atoms with Gasteiger partial charge >= 0.3 is 0 Å². The monoisotopic (exact) mass is 379 g/mol. The second-order valence-electron chi connectivity index (χ2n) is 7.00. The smallest absolute Gasteiger partial charge is 0.252 e. The van der Waals surface area contributed by atoms with Crippen LogP contribution in [0.4, 0.5) is 5.69 Å². The van der Waals surface area contributed by atoms with Crippen LogP contribution in [0.5, 0.6) is 0 Å². The van der Waals surface area contributed by atoms with Crippen LogP contribution in [0.15, 0.2) is 59.6 Å². The molecule has 0 atom stereocenters. The molecule has 2 aromatic carbocycles. The molecule has 2 aromatic rings. The number of fused-ring (bicyclic) bond motifs is 1. The van der Waals surface area contributed by atoms with E-state index in [0.29, 0.717) is 24.3 Å². The highest BCUT2D eigenvalue weighted by Gasteiger charge is 2.41. The number of aliphatic imine (C=N–C) groups is 1. The van der Waals surface area contributed by atoms with E-state index in [4.69, 9.17) is 16.6 Å². The van der Waals surface area contributed by atoms with Gasteiger partial charge in [0.25, 0.3) is 5.91 Å². The van der Waals surface area contributed by atoms with Crippen molar-refractivity contribution in [3.05, 3.63) is 70.8 Å². The number of nitrogens with one attached hydrogen (secondary N) is 2. The first-order valence-electron chi connectivity index (χ1n) is 9.29.